The molecule has 0 saturated heterocycles. The second-order valence-electron chi connectivity index (χ2n) is 5.24. The molecule has 0 spiro atoms. The highest BCUT2D eigenvalue weighted by molar-refractivity contribution is 7.98. The minimum atomic E-state index is -0.489. The van der Waals surface area contributed by atoms with Crippen LogP contribution in [-0.2, 0) is 12.3 Å². The summed E-state index contributed by atoms with van der Waals surface area (Å²) >= 11 is 1.24. The van der Waals surface area contributed by atoms with E-state index in [4.69, 9.17) is 0 Å². The third kappa shape index (κ3) is 3.93. The van der Waals surface area contributed by atoms with Crippen LogP contribution in [0.3, 0.4) is 0 Å². The van der Waals surface area contributed by atoms with E-state index in [0.717, 1.165) is 18.2 Å². The van der Waals surface area contributed by atoms with Crippen LogP contribution in [0, 0.1) is 17.5 Å². The third-order valence-electron chi connectivity index (χ3n) is 3.50. The number of halogens is 3. The van der Waals surface area contributed by atoms with Crippen LogP contribution in [0.15, 0.2) is 60.3 Å². The lowest BCUT2D eigenvalue weighted by atomic mass is 10.2. The van der Waals surface area contributed by atoms with Crippen LogP contribution in [0.1, 0.15) is 5.56 Å². The highest BCUT2D eigenvalue weighted by Gasteiger charge is 2.15. The molecule has 25 heavy (non-hydrogen) atoms. The molecule has 2 aromatic carbocycles. The van der Waals surface area contributed by atoms with Gasteiger partial charge in [-0.05, 0) is 42.5 Å². The maximum absolute atomic E-state index is 13.8. The Morgan fingerprint density at radius 1 is 1.00 bits per heavy atom. The number of aromatic nitrogens is 3. The summed E-state index contributed by atoms with van der Waals surface area (Å²) in [6.07, 6.45) is 1.68. The summed E-state index contributed by atoms with van der Waals surface area (Å²) in [4.78, 5) is 0. The zero-order valence-corrected chi connectivity index (χ0v) is 13.9. The van der Waals surface area contributed by atoms with Gasteiger partial charge in [0, 0.05) is 23.4 Å². The van der Waals surface area contributed by atoms with E-state index >= 15 is 0 Å². The molecule has 0 saturated carbocycles. The van der Waals surface area contributed by atoms with E-state index in [-0.39, 0.29) is 17.1 Å². The molecule has 3 aromatic rings. The molecule has 0 unspecified atom stereocenters. The first-order valence-corrected chi connectivity index (χ1v) is 8.44. The van der Waals surface area contributed by atoms with Gasteiger partial charge < -0.3 is 0 Å². The number of thioether (sulfide) groups is 1. The first-order valence-electron chi connectivity index (χ1n) is 7.45. The van der Waals surface area contributed by atoms with Crippen LogP contribution in [0.5, 0.6) is 0 Å². The summed E-state index contributed by atoms with van der Waals surface area (Å²) < 4.78 is 41.9. The van der Waals surface area contributed by atoms with Gasteiger partial charge in [-0.25, -0.2) is 13.2 Å². The molecular weight excluding hydrogens is 347 g/mol. The molecule has 0 aliphatic carbocycles. The van der Waals surface area contributed by atoms with Gasteiger partial charge in [0.05, 0.1) is 0 Å². The fourth-order valence-electron chi connectivity index (χ4n) is 2.30. The number of benzene rings is 2. The predicted octanol–water partition coefficient (Wildman–Crippen LogP) is 4.84. The average Bonchev–Trinajstić information content (AvgIpc) is 2.99. The van der Waals surface area contributed by atoms with Crippen LogP contribution < -0.4 is 0 Å². The molecular formula is C18H14F3N3S. The van der Waals surface area contributed by atoms with Gasteiger partial charge >= 0.3 is 0 Å². The summed E-state index contributed by atoms with van der Waals surface area (Å²) in [5, 5.41) is 8.80. The third-order valence-corrected chi connectivity index (χ3v) is 4.51. The number of rotatable bonds is 6. The van der Waals surface area contributed by atoms with E-state index in [9.17, 15) is 13.2 Å². The van der Waals surface area contributed by atoms with Crippen molar-refractivity contribution in [3.8, 4) is 11.4 Å². The first-order chi connectivity index (χ1) is 12.1. The molecule has 0 bridgehead atoms. The molecule has 0 aliphatic heterocycles. The number of allylic oxidation sites excluding steroid dienone is 1. The minimum absolute atomic E-state index is 0.211. The van der Waals surface area contributed by atoms with Crippen LogP contribution in [-0.4, -0.2) is 14.8 Å². The molecule has 3 nitrogen and oxygen atoms in total. The second kappa shape index (κ2) is 7.57. The predicted molar refractivity (Wildman–Crippen MR) is 91.5 cm³/mol. The fourth-order valence-corrected chi connectivity index (χ4v) is 3.22. The highest BCUT2D eigenvalue weighted by Crippen LogP contribution is 2.27. The van der Waals surface area contributed by atoms with Crippen molar-refractivity contribution in [2.24, 2.45) is 0 Å². The van der Waals surface area contributed by atoms with Crippen molar-refractivity contribution >= 4 is 11.8 Å². The van der Waals surface area contributed by atoms with Crippen LogP contribution in [0.25, 0.3) is 11.4 Å². The van der Waals surface area contributed by atoms with Crippen molar-refractivity contribution in [2.45, 2.75) is 17.5 Å². The van der Waals surface area contributed by atoms with E-state index in [2.05, 4.69) is 16.8 Å². The van der Waals surface area contributed by atoms with Gasteiger partial charge in [0.25, 0.3) is 0 Å². The molecule has 0 N–H and O–H groups in total. The topological polar surface area (TPSA) is 30.7 Å². The zero-order valence-electron chi connectivity index (χ0n) is 13.1. The smallest absolute Gasteiger partial charge is 0.192 e. The molecule has 0 aliphatic rings. The van der Waals surface area contributed by atoms with Crippen molar-refractivity contribution < 1.29 is 13.2 Å². The Hall–Kier alpha value is -2.54. The van der Waals surface area contributed by atoms with Gasteiger partial charge in [0.1, 0.15) is 17.5 Å². The summed E-state index contributed by atoms with van der Waals surface area (Å²) in [5.41, 5.74) is 0.959. The monoisotopic (exact) mass is 361 g/mol. The van der Waals surface area contributed by atoms with Crippen LogP contribution >= 0.6 is 11.8 Å². The first kappa shape index (κ1) is 17.3. The lowest BCUT2D eigenvalue weighted by Gasteiger charge is -2.08. The summed E-state index contributed by atoms with van der Waals surface area (Å²) in [6, 6.07) is 9.26. The Morgan fingerprint density at radius 3 is 2.44 bits per heavy atom. The molecule has 7 heteroatoms. The molecule has 1 heterocycles. The zero-order chi connectivity index (χ0) is 17.8. The van der Waals surface area contributed by atoms with Gasteiger partial charge in [0.2, 0.25) is 0 Å². The minimum Gasteiger partial charge on any atom is -0.298 e. The largest absolute Gasteiger partial charge is 0.298 e. The van der Waals surface area contributed by atoms with E-state index in [1.807, 2.05) is 0 Å². The number of nitrogens with zero attached hydrogens (tertiary/aromatic N) is 3. The fraction of sp³-hybridized carbons (Fsp3) is 0.111. The Morgan fingerprint density at radius 2 is 1.72 bits per heavy atom. The van der Waals surface area contributed by atoms with Crippen LogP contribution in [0.4, 0.5) is 13.2 Å². The Kier molecular flexibility index (Phi) is 5.23. The molecule has 3 rings (SSSR count). The Bertz CT molecular complexity index is 891. The van der Waals surface area contributed by atoms with Gasteiger partial charge in [0.15, 0.2) is 11.0 Å². The highest BCUT2D eigenvalue weighted by atomic mass is 32.2. The number of hydrogen-bond acceptors (Lipinski definition) is 3. The van der Waals surface area contributed by atoms with Crippen molar-refractivity contribution in [1.82, 2.24) is 14.8 Å². The van der Waals surface area contributed by atoms with Gasteiger partial charge in [-0.3, -0.25) is 4.57 Å². The van der Waals surface area contributed by atoms with Crippen molar-refractivity contribution in [1.29, 1.82) is 0 Å². The summed E-state index contributed by atoms with van der Waals surface area (Å²) in [5.74, 6) is -0.529. The van der Waals surface area contributed by atoms with E-state index in [0.29, 0.717) is 23.1 Å². The van der Waals surface area contributed by atoms with E-state index in [1.165, 1.54) is 23.9 Å². The van der Waals surface area contributed by atoms with E-state index < -0.39 is 11.6 Å². The lowest BCUT2D eigenvalue weighted by Crippen LogP contribution is -2.01. The Labute approximate surface area is 147 Å². The van der Waals surface area contributed by atoms with Gasteiger partial charge in [-0.1, -0.05) is 17.8 Å². The standard InChI is InChI=1S/C18H14F3N3S/c1-2-9-24-17(12-3-5-14(19)6-4-12)22-23-18(24)25-11-13-10-15(20)7-8-16(13)21/h2-8,10H,1,9,11H2. The lowest BCUT2D eigenvalue weighted by molar-refractivity contribution is 0.591. The van der Waals surface area contributed by atoms with E-state index in [1.54, 1.807) is 22.8 Å². The Balaban J connectivity index is 1.87. The second-order valence-corrected chi connectivity index (χ2v) is 6.18. The summed E-state index contributed by atoms with van der Waals surface area (Å²) in [6.45, 7) is 4.15. The van der Waals surface area contributed by atoms with Crippen molar-refractivity contribution in [2.75, 3.05) is 0 Å². The maximum Gasteiger partial charge on any atom is 0.192 e. The maximum atomic E-state index is 13.8. The molecule has 0 amide bonds. The molecule has 1 aromatic heterocycles. The quantitative estimate of drug-likeness (QED) is 0.465. The van der Waals surface area contributed by atoms with Crippen molar-refractivity contribution in [3.05, 3.63) is 78.1 Å². The normalized spacial score (nSPS) is 10.8. The average molecular weight is 361 g/mol. The molecule has 0 fully saturated rings. The molecule has 128 valence electrons. The van der Waals surface area contributed by atoms with Crippen LogP contribution in [0.2, 0.25) is 0 Å². The van der Waals surface area contributed by atoms with Gasteiger partial charge in [-0.2, -0.15) is 0 Å². The van der Waals surface area contributed by atoms with Gasteiger partial charge in [-0.15, -0.1) is 16.8 Å². The molecule has 0 radical (unpaired) electrons. The van der Waals surface area contributed by atoms with Crippen molar-refractivity contribution in [3.63, 3.8) is 0 Å². The SMILES string of the molecule is C=CCn1c(SCc2cc(F)ccc2F)nnc1-c1ccc(F)cc1. The molecule has 0 atom stereocenters. The number of hydrogen-bond donors (Lipinski definition) is 0. The summed E-state index contributed by atoms with van der Waals surface area (Å²) in [7, 11) is 0.